The summed E-state index contributed by atoms with van der Waals surface area (Å²) in [7, 11) is 0. The van der Waals surface area contributed by atoms with Crippen LogP contribution in [0.4, 0.5) is 15.8 Å². The van der Waals surface area contributed by atoms with Crippen LogP contribution in [-0.2, 0) is 6.54 Å². The zero-order valence-electron chi connectivity index (χ0n) is 11.7. The van der Waals surface area contributed by atoms with Gasteiger partial charge < -0.3 is 19.8 Å². The number of anilines is 2. The molecule has 4 nitrogen and oxygen atoms in total. The number of nitrogens with zero attached hydrogens (tertiary/aromatic N) is 1. The van der Waals surface area contributed by atoms with Gasteiger partial charge in [-0.15, -0.1) is 0 Å². The van der Waals surface area contributed by atoms with Gasteiger partial charge in [0, 0.05) is 18.7 Å². The fraction of sp³-hybridized carbons (Fsp3) is 0.333. The van der Waals surface area contributed by atoms with Gasteiger partial charge >= 0.3 is 0 Å². The van der Waals surface area contributed by atoms with Gasteiger partial charge in [-0.1, -0.05) is 0 Å². The van der Waals surface area contributed by atoms with Gasteiger partial charge in [-0.05, 0) is 26.0 Å². The monoisotopic (exact) mass is 278 g/mol. The second kappa shape index (κ2) is 6.32. The smallest absolute Gasteiger partial charge is 0.167 e. The molecule has 0 aliphatic carbocycles. The molecule has 2 rings (SSSR count). The number of furan rings is 1. The van der Waals surface area contributed by atoms with Gasteiger partial charge in [-0.25, -0.2) is 4.39 Å². The third-order valence-corrected chi connectivity index (χ3v) is 3.03. The molecular weight excluding hydrogens is 259 g/mol. The Hall–Kier alpha value is -2.17. The predicted molar refractivity (Wildman–Crippen MR) is 77.4 cm³/mol. The van der Waals surface area contributed by atoms with Crippen molar-refractivity contribution in [2.24, 2.45) is 0 Å². The predicted octanol–water partition coefficient (Wildman–Crippen LogP) is 3.43. The topological polar surface area (TPSA) is 51.6 Å². The molecule has 1 aromatic carbocycles. The third kappa shape index (κ3) is 3.04. The Kier molecular flexibility index (Phi) is 4.50. The van der Waals surface area contributed by atoms with Crippen molar-refractivity contribution in [3.63, 3.8) is 0 Å². The number of nitrogens with two attached hydrogens (primary N) is 1. The van der Waals surface area contributed by atoms with Crippen molar-refractivity contribution < 1.29 is 13.5 Å². The minimum absolute atomic E-state index is 0.217. The highest BCUT2D eigenvalue weighted by Crippen LogP contribution is 2.32. The van der Waals surface area contributed by atoms with Crippen LogP contribution in [0, 0.1) is 5.82 Å². The Labute approximate surface area is 117 Å². The molecule has 2 N–H and O–H groups in total. The molecular formula is C15H19FN2O2. The van der Waals surface area contributed by atoms with Gasteiger partial charge in [-0.2, -0.15) is 0 Å². The highest BCUT2D eigenvalue weighted by Gasteiger charge is 2.15. The van der Waals surface area contributed by atoms with Crippen molar-refractivity contribution in [2.75, 3.05) is 23.8 Å². The van der Waals surface area contributed by atoms with E-state index >= 15 is 0 Å². The Morgan fingerprint density at radius 2 is 2.15 bits per heavy atom. The quantitative estimate of drug-likeness (QED) is 0.822. The van der Waals surface area contributed by atoms with E-state index in [0.717, 1.165) is 18.0 Å². The minimum Gasteiger partial charge on any atom is -0.491 e. The first kappa shape index (κ1) is 14.2. The first-order valence-corrected chi connectivity index (χ1v) is 6.64. The molecule has 1 aromatic heterocycles. The van der Waals surface area contributed by atoms with Crippen LogP contribution in [0.1, 0.15) is 19.6 Å². The maximum atomic E-state index is 13.7. The van der Waals surface area contributed by atoms with Crippen molar-refractivity contribution in [3.8, 4) is 5.75 Å². The Morgan fingerprint density at radius 3 is 2.75 bits per heavy atom. The van der Waals surface area contributed by atoms with Gasteiger partial charge in [0.1, 0.15) is 5.76 Å². The lowest BCUT2D eigenvalue weighted by atomic mass is 10.2. The molecule has 0 saturated heterocycles. The lowest BCUT2D eigenvalue weighted by molar-refractivity contribution is 0.321. The molecule has 0 atom stereocenters. The standard InChI is InChI=1S/C15H19FN2O2/c1-3-18(10-11-6-5-7-20-11)14-9-15(19-4-2)12(16)8-13(14)17/h5-9H,3-4,10,17H2,1-2H3. The van der Waals surface area contributed by atoms with Gasteiger partial charge in [0.25, 0.3) is 0 Å². The Bertz CT molecular complexity index is 555. The minimum atomic E-state index is -0.442. The van der Waals surface area contributed by atoms with Crippen LogP contribution < -0.4 is 15.4 Å². The zero-order chi connectivity index (χ0) is 14.5. The summed E-state index contributed by atoms with van der Waals surface area (Å²) in [5.41, 5.74) is 7.06. The van der Waals surface area contributed by atoms with E-state index in [0.29, 0.717) is 18.8 Å². The van der Waals surface area contributed by atoms with E-state index in [-0.39, 0.29) is 5.75 Å². The van der Waals surface area contributed by atoms with Crippen LogP contribution in [0.3, 0.4) is 0 Å². The first-order chi connectivity index (χ1) is 9.65. The van der Waals surface area contributed by atoms with Crippen LogP contribution in [0.5, 0.6) is 5.75 Å². The van der Waals surface area contributed by atoms with Gasteiger partial charge in [-0.3, -0.25) is 0 Å². The average molecular weight is 278 g/mol. The van der Waals surface area contributed by atoms with Crippen LogP contribution in [0.25, 0.3) is 0 Å². The van der Waals surface area contributed by atoms with E-state index in [4.69, 9.17) is 14.9 Å². The number of halogens is 1. The van der Waals surface area contributed by atoms with E-state index < -0.39 is 5.82 Å². The summed E-state index contributed by atoms with van der Waals surface area (Å²) in [6, 6.07) is 6.67. The molecule has 0 radical (unpaired) electrons. The van der Waals surface area contributed by atoms with Gasteiger partial charge in [0.2, 0.25) is 0 Å². The molecule has 108 valence electrons. The van der Waals surface area contributed by atoms with E-state index in [1.807, 2.05) is 30.9 Å². The van der Waals surface area contributed by atoms with E-state index in [1.165, 1.54) is 6.07 Å². The maximum absolute atomic E-state index is 13.7. The fourth-order valence-corrected chi connectivity index (χ4v) is 2.06. The molecule has 0 aliphatic heterocycles. The summed E-state index contributed by atoms with van der Waals surface area (Å²) in [5, 5.41) is 0. The first-order valence-electron chi connectivity index (χ1n) is 6.64. The van der Waals surface area contributed by atoms with Crippen molar-refractivity contribution in [2.45, 2.75) is 20.4 Å². The molecule has 5 heteroatoms. The molecule has 0 aliphatic rings. The Balaban J connectivity index is 2.30. The van der Waals surface area contributed by atoms with Gasteiger partial charge in [0.15, 0.2) is 11.6 Å². The fourth-order valence-electron chi connectivity index (χ4n) is 2.06. The number of benzene rings is 1. The molecule has 0 saturated carbocycles. The third-order valence-electron chi connectivity index (χ3n) is 3.03. The zero-order valence-corrected chi connectivity index (χ0v) is 11.7. The maximum Gasteiger partial charge on any atom is 0.167 e. The summed E-state index contributed by atoms with van der Waals surface area (Å²) in [5.74, 6) is 0.602. The van der Waals surface area contributed by atoms with Crippen LogP contribution in [-0.4, -0.2) is 13.2 Å². The molecule has 0 fully saturated rings. The van der Waals surface area contributed by atoms with Crippen molar-refractivity contribution in [1.29, 1.82) is 0 Å². The van der Waals surface area contributed by atoms with E-state index in [2.05, 4.69) is 0 Å². The molecule has 0 amide bonds. The normalized spacial score (nSPS) is 10.6. The molecule has 1 heterocycles. The highest BCUT2D eigenvalue weighted by molar-refractivity contribution is 5.70. The van der Waals surface area contributed by atoms with Gasteiger partial charge in [0.05, 0.1) is 30.8 Å². The van der Waals surface area contributed by atoms with Crippen molar-refractivity contribution in [3.05, 3.63) is 42.1 Å². The van der Waals surface area contributed by atoms with Crippen LogP contribution >= 0.6 is 0 Å². The molecule has 0 spiro atoms. The average Bonchev–Trinajstić information content (AvgIpc) is 2.92. The molecule has 20 heavy (non-hydrogen) atoms. The van der Waals surface area contributed by atoms with Crippen LogP contribution in [0.2, 0.25) is 0 Å². The molecule has 2 aromatic rings. The van der Waals surface area contributed by atoms with Crippen molar-refractivity contribution >= 4 is 11.4 Å². The summed E-state index contributed by atoms with van der Waals surface area (Å²) in [6.45, 7) is 5.53. The van der Waals surface area contributed by atoms with E-state index in [1.54, 1.807) is 12.3 Å². The largest absolute Gasteiger partial charge is 0.491 e. The SMILES string of the molecule is CCOc1cc(N(CC)Cc2ccco2)c(N)cc1F. The summed E-state index contributed by atoms with van der Waals surface area (Å²) in [6.07, 6.45) is 1.63. The highest BCUT2D eigenvalue weighted by atomic mass is 19.1. The number of ether oxygens (including phenoxy) is 1. The number of nitrogen functional groups attached to an aromatic ring is 1. The van der Waals surface area contributed by atoms with Crippen molar-refractivity contribution in [1.82, 2.24) is 0 Å². The number of hydrogen-bond acceptors (Lipinski definition) is 4. The summed E-state index contributed by atoms with van der Waals surface area (Å²) < 4.78 is 24.3. The summed E-state index contributed by atoms with van der Waals surface area (Å²) in [4.78, 5) is 2.01. The lowest BCUT2D eigenvalue weighted by Gasteiger charge is -2.24. The number of hydrogen-bond donors (Lipinski definition) is 1. The second-order valence-electron chi connectivity index (χ2n) is 4.37. The lowest BCUT2D eigenvalue weighted by Crippen LogP contribution is -2.23. The summed E-state index contributed by atoms with van der Waals surface area (Å²) >= 11 is 0. The van der Waals surface area contributed by atoms with E-state index in [9.17, 15) is 4.39 Å². The molecule has 0 unspecified atom stereocenters. The molecule has 0 bridgehead atoms. The van der Waals surface area contributed by atoms with Crippen LogP contribution in [0.15, 0.2) is 34.9 Å². The second-order valence-corrected chi connectivity index (χ2v) is 4.37. The Morgan fingerprint density at radius 1 is 1.35 bits per heavy atom. The number of rotatable bonds is 6.